The minimum absolute atomic E-state index is 0.0574. The molecule has 0 radical (unpaired) electrons. The number of aliphatic hydroxyl groups excluding tert-OH is 2. The number of benzene rings is 1. The van der Waals surface area contributed by atoms with E-state index in [9.17, 15) is 15.0 Å². The van der Waals surface area contributed by atoms with Gasteiger partial charge in [-0.25, -0.2) is 19.7 Å². The molecule has 0 spiro atoms. The first-order chi connectivity index (χ1) is 18.1. The molecule has 1 aliphatic heterocycles. The predicted octanol–water partition coefficient (Wildman–Crippen LogP) is 1.86. The average molecular weight is 527 g/mol. The molecule has 1 aliphatic rings. The Labute approximate surface area is 222 Å². The van der Waals surface area contributed by atoms with Gasteiger partial charge in [0.2, 0.25) is 0 Å². The number of nitrogens with two attached hydrogens (primary N) is 1. The SMILES string of the molecule is CCN(CCCNC(=O)Nc1ccc(C(C)(C)C)cc1)C[C@H]1OC(n2cnc3c(N)ncnc32)[C@H](O)[C@@H]1O. The number of fused-ring (bicyclic) bond motifs is 1. The number of nitrogen functional groups attached to an aromatic ring is 1. The minimum Gasteiger partial charge on any atom is -0.387 e. The molecule has 0 aliphatic carbocycles. The van der Waals surface area contributed by atoms with Gasteiger partial charge in [-0.3, -0.25) is 4.57 Å². The van der Waals surface area contributed by atoms with Crippen molar-refractivity contribution in [3.8, 4) is 0 Å². The van der Waals surface area contributed by atoms with E-state index in [4.69, 9.17) is 10.5 Å². The first kappa shape index (κ1) is 27.7. The summed E-state index contributed by atoms with van der Waals surface area (Å²) in [5.41, 5.74) is 8.70. The Balaban J connectivity index is 1.24. The summed E-state index contributed by atoms with van der Waals surface area (Å²) in [6.07, 6.45) is -0.196. The van der Waals surface area contributed by atoms with Crippen molar-refractivity contribution in [1.29, 1.82) is 0 Å². The van der Waals surface area contributed by atoms with Crippen molar-refractivity contribution in [2.45, 2.75) is 64.1 Å². The number of nitrogens with zero attached hydrogens (tertiary/aromatic N) is 5. The fraction of sp³-hybridized carbons (Fsp3) is 0.538. The van der Waals surface area contributed by atoms with Gasteiger partial charge < -0.3 is 36.2 Å². The molecule has 1 fully saturated rings. The molecule has 0 saturated carbocycles. The van der Waals surface area contributed by atoms with Gasteiger partial charge in [0.1, 0.15) is 30.2 Å². The third kappa shape index (κ3) is 6.21. The fourth-order valence-corrected chi connectivity index (χ4v) is 4.53. The maximum Gasteiger partial charge on any atom is 0.319 e. The molecule has 12 nitrogen and oxygen atoms in total. The van der Waals surface area contributed by atoms with Crippen LogP contribution in [0.15, 0.2) is 36.9 Å². The normalized spacial score (nSPS) is 21.8. The van der Waals surface area contributed by atoms with Gasteiger partial charge in [0.15, 0.2) is 17.7 Å². The van der Waals surface area contributed by atoms with Gasteiger partial charge in [-0.2, -0.15) is 0 Å². The molecule has 4 atom stereocenters. The zero-order valence-corrected chi connectivity index (χ0v) is 22.3. The molecule has 3 aromatic rings. The van der Waals surface area contributed by atoms with E-state index in [1.165, 1.54) is 18.2 Å². The molecule has 206 valence electrons. The Morgan fingerprint density at radius 1 is 1.16 bits per heavy atom. The second-order valence-electron chi connectivity index (χ2n) is 10.6. The third-order valence-electron chi connectivity index (χ3n) is 6.83. The van der Waals surface area contributed by atoms with Crippen LogP contribution in [0.25, 0.3) is 11.2 Å². The van der Waals surface area contributed by atoms with Crippen molar-refractivity contribution in [1.82, 2.24) is 29.7 Å². The molecule has 2 amide bonds. The van der Waals surface area contributed by atoms with Crippen molar-refractivity contribution < 1.29 is 19.7 Å². The summed E-state index contributed by atoms with van der Waals surface area (Å²) >= 11 is 0. The van der Waals surface area contributed by atoms with Gasteiger partial charge in [-0.1, -0.05) is 39.8 Å². The van der Waals surface area contributed by atoms with Crippen molar-refractivity contribution >= 4 is 28.7 Å². The number of aromatic nitrogens is 4. The molecule has 1 aromatic carbocycles. The van der Waals surface area contributed by atoms with Gasteiger partial charge in [-0.15, -0.1) is 0 Å². The average Bonchev–Trinajstić information content (AvgIpc) is 3.43. The number of aliphatic hydroxyl groups is 2. The standard InChI is InChI=1S/C26H38N8O4/c1-5-33(12-6-11-28-25(37)32-17-9-7-16(8-10-17)26(2,3)4)13-18-20(35)21(36)24(38-18)34-15-31-19-22(27)29-14-30-23(19)34/h7-10,14-15,18,20-21,24,35-36H,5-6,11-13H2,1-4H3,(H2,27,29,30)(H2,28,32,37)/t18-,20-,21-,24?/m1/s1. The lowest BCUT2D eigenvalue weighted by Gasteiger charge is -2.25. The van der Waals surface area contributed by atoms with Crippen molar-refractivity contribution in [2.75, 3.05) is 37.2 Å². The van der Waals surface area contributed by atoms with E-state index in [0.717, 1.165) is 12.2 Å². The molecule has 4 rings (SSSR count). The molecule has 1 unspecified atom stereocenters. The van der Waals surface area contributed by atoms with E-state index in [1.807, 2.05) is 31.2 Å². The number of anilines is 2. The third-order valence-corrected chi connectivity index (χ3v) is 6.83. The number of ether oxygens (including phenoxy) is 1. The first-order valence-corrected chi connectivity index (χ1v) is 12.9. The second kappa shape index (κ2) is 11.6. The molecular weight excluding hydrogens is 488 g/mol. The molecular formula is C26H38N8O4. The summed E-state index contributed by atoms with van der Waals surface area (Å²) < 4.78 is 7.62. The number of rotatable bonds is 9. The number of amides is 2. The van der Waals surface area contributed by atoms with Crippen LogP contribution in [0, 0.1) is 0 Å². The maximum absolute atomic E-state index is 12.3. The molecule has 0 bridgehead atoms. The highest BCUT2D eigenvalue weighted by atomic mass is 16.6. The van der Waals surface area contributed by atoms with Crippen LogP contribution in [0.5, 0.6) is 0 Å². The van der Waals surface area contributed by atoms with Crippen LogP contribution in [-0.2, 0) is 10.2 Å². The van der Waals surface area contributed by atoms with Crippen molar-refractivity contribution in [3.05, 3.63) is 42.5 Å². The number of nitrogens with one attached hydrogen (secondary N) is 2. The Hall–Kier alpha value is -3.32. The minimum atomic E-state index is -1.16. The van der Waals surface area contributed by atoms with Gasteiger partial charge >= 0.3 is 6.03 Å². The van der Waals surface area contributed by atoms with Gasteiger partial charge in [0.25, 0.3) is 0 Å². The van der Waals surface area contributed by atoms with Crippen LogP contribution in [0.3, 0.4) is 0 Å². The van der Waals surface area contributed by atoms with Crippen LogP contribution >= 0.6 is 0 Å². The molecule has 38 heavy (non-hydrogen) atoms. The van der Waals surface area contributed by atoms with Crippen molar-refractivity contribution in [3.63, 3.8) is 0 Å². The topological polar surface area (TPSA) is 164 Å². The zero-order chi connectivity index (χ0) is 27.4. The number of urea groups is 1. The molecule has 12 heteroatoms. The van der Waals surface area contributed by atoms with Gasteiger partial charge in [0, 0.05) is 18.8 Å². The largest absolute Gasteiger partial charge is 0.387 e. The predicted molar refractivity (Wildman–Crippen MR) is 145 cm³/mol. The summed E-state index contributed by atoms with van der Waals surface area (Å²) in [7, 11) is 0. The van der Waals surface area contributed by atoms with Crippen LogP contribution in [0.1, 0.15) is 45.9 Å². The van der Waals surface area contributed by atoms with Crippen LogP contribution in [0.2, 0.25) is 0 Å². The maximum atomic E-state index is 12.3. The summed E-state index contributed by atoms with van der Waals surface area (Å²) in [4.78, 5) is 26.7. The van der Waals surface area contributed by atoms with Crippen molar-refractivity contribution in [2.24, 2.45) is 0 Å². The number of carbonyl (C=O) groups is 1. The highest BCUT2D eigenvalue weighted by molar-refractivity contribution is 5.89. The zero-order valence-electron chi connectivity index (χ0n) is 22.3. The van der Waals surface area contributed by atoms with Crippen LogP contribution in [0.4, 0.5) is 16.3 Å². The molecule has 6 N–H and O–H groups in total. The summed E-state index contributed by atoms with van der Waals surface area (Å²) in [5.74, 6) is 0.233. The number of likely N-dealkylation sites (N-methyl/N-ethyl adjacent to an activating group) is 1. The second-order valence-corrected chi connectivity index (χ2v) is 10.6. The Kier molecular flexibility index (Phi) is 8.46. The van der Waals surface area contributed by atoms with Gasteiger partial charge in [0.05, 0.1) is 6.33 Å². The Morgan fingerprint density at radius 3 is 2.58 bits per heavy atom. The lowest BCUT2D eigenvalue weighted by atomic mass is 9.87. The van der Waals surface area contributed by atoms with E-state index in [1.54, 1.807) is 4.57 Å². The quantitative estimate of drug-likeness (QED) is 0.262. The number of hydrogen-bond acceptors (Lipinski definition) is 9. The highest BCUT2D eigenvalue weighted by Crippen LogP contribution is 2.32. The molecule has 3 heterocycles. The first-order valence-electron chi connectivity index (χ1n) is 12.9. The lowest BCUT2D eigenvalue weighted by molar-refractivity contribution is -0.0438. The summed E-state index contributed by atoms with van der Waals surface area (Å²) in [5, 5.41) is 27.1. The van der Waals surface area contributed by atoms with Crippen LogP contribution < -0.4 is 16.4 Å². The smallest absolute Gasteiger partial charge is 0.319 e. The van der Waals surface area contributed by atoms with E-state index in [0.29, 0.717) is 37.2 Å². The summed E-state index contributed by atoms with van der Waals surface area (Å²) in [6, 6.07) is 7.60. The van der Waals surface area contributed by atoms with E-state index in [2.05, 4.69) is 51.3 Å². The highest BCUT2D eigenvalue weighted by Gasteiger charge is 2.44. The summed E-state index contributed by atoms with van der Waals surface area (Å²) in [6.45, 7) is 10.8. The van der Waals surface area contributed by atoms with E-state index < -0.39 is 24.5 Å². The monoisotopic (exact) mass is 526 g/mol. The van der Waals surface area contributed by atoms with Crippen LogP contribution in [-0.4, -0.2) is 85.2 Å². The Bertz CT molecular complexity index is 1230. The number of imidazole rings is 1. The number of hydrogen-bond donors (Lipinski definition) is 5. The Morgan fingerprint density at radius 2 is 1.89 bits per heavy atom. The van der Waals surface area contributed by atoms with Gasteiger partial charge in [-0.05, 0) is 42.6 Å². The molecule has 2 aromatic heterocycles. The van der Waals surface area contributed by atoms with E-state index in [-0.39, 0.29) is 17.3 Å². The number of carbonyl (C=O) groups excluding carboxylic acids is 1. The van der Waals surface area contributed by atoms with E-state index >= 15 is 0 Å². The fourth-order valence-electron chi connectivity index (χ4n) is 4.53. The lowest BCUT2D eigenvalue weighted by Crippen LogP contribution is -2.41. The molecule has 1 saturated heterocycles.